The fraction of sp³-hybridized carbons (Fsp3) is 0.962. The predicted octanol–water partition coefficient (Wildman–Crippen LogP) is 7.98. The summed E-state index contributed by atoms with van der Waals surface area (Å²) in [5.74, 6) is -0.536. The van der Waals surface area contributed by atoms with Crippen LogP contribution >= 0.6 is 0 Å². The van der Waals surface area contributed by atoms with E-state index in [2.05, 4.69) is 4.74 Å². The van der Waals surface area contributed by atoms with Crippen molar-refractivity contribution in [2.24, 2.45) is 23.2 Å². The van der Waals surface area contributed by atoms with Gasteiger partial charge >= 0.3 is 18.3 Å². The van der Waals surface area contributed by atoms with Crippen LogP contribution in [0, 0.1) is 23.2 Å². The quantitative estimate of drug-likeness (QED) is 0.181. The Kier molecular flexibility index (Phi) is 10.6. The van der Waals surface area contributed by atoms with Gasteiger partial charge in [0, 0.05) is 0 Å². The number of hydrogen-bond acceptors (Lipinski definition) is 4. The van der Waals surface area contributed by atoms with Crippen LogP contribution in [0.2, 0.25) is 0 Å². The van der Waals surface area contributed by atoms with Crippen molar-refractivity contribution in [3.05, 3.63) is 0 Å². The van der Waals surface area contributed by atoms with E-state index in [1.165, 1.54) is 7.11 Å². The molecule has 0 amide bonds. The Labute approximate surface area is 210 Å². The summed E-state index contributed by atoms with van der Waals surface area (Å²) < 4.78 is 97.6. The summed E-state index contributed by atoms with van der Waals surface area (Å²) in [6.07, 6.45) is -6.39. The van der Waals surface area contributed by atoms with Crippen LogP contribution in [0.15, 0.2) is 0 Å². The minimum Gasteiger partial charge on any atom is -0.469 e. The van der Waals surface area contributed by atoms with Gasteiger partial charge in [0.05, 0.1) is 18.6 Å². The third-order valence-corrected chi connectivity index (χ3v) is 8.28. The Morgan fingerprint density at radius 2 is 1.50 bits per heavy atom. The number of carbonyl (C=O) groups excluding carboxylic acids is 1. The van der Waals surface area contributed by atoms with E-state index in [-0.39, 0.29) is 29.3 Å². The summed E-state index contributed by atoms with van der Waals surface area (Å²) >= 11 is 0. The molecule has 0 aromatic carbocycles. The average Bonchev–Trinajstić information content (AvgIpc) is 3.41. The summed E-state index contributed by atoms with van der Waals surface area (Å²) in [5, 5.41) is 0. The number of rotatable bonds is 8. The van der Waals surface area contributed by atoms with Crippen molar-refractivity contribution in [1.82, 2.24) is 0 Å². The number of halogens is 6. The molecule has 0 N–H and O–H groups in total. The van der Waals surface area contributed by atoms with Crippen LogP contribution in [0.5, 0.6) is 0 Å². The third kappa shape index (κ3) is 7.51. The molecular formula is C26H42F6O4. The van der Waals surface area contributed by atoms with Crippen molar-refractivity contribution in [1.29, 1.82) is 0 Å². The molecule has 10 heteroatoms. The van der Waals surface area contributed by atoms with E-state index in [0.29, 0.717) is 19.3 Å². The van der Waals surface area contributed by atoms with Crippen molar-refractivity contribution in [2.45, 2.75) is 129 Å². The SMILES string of the molecule is CC(OC1CCCCC1)OC(CC1CC2CCC1C2)(C(F)(F)F)C(F)(F)F.CCC(C)(C)C(=O)OC. The monoisotopic (exact) mass is 532 g/mol. The van der Waals surface area contributed by atoms with E-state index < -0.39 is 36.6 Å². The highest BCUT2D eigenvalue weighted by Crippen LogP contribution is 2.57. The van der Waals surface area contributed by atoms with Crippen molar-refractivity contribution >= 4 is 5.97 Å². The first-order chi connectivity index (χ1) is 16.6. The lowest BCUT2D eigenvalue weighted by atomic mass is 9.79. The molecule has 36 heavy (non-hydrogen) atoms. The molecule has 4 unspecified atom stereocenters. The number of carbonyl (C=O) groups is 1. The van der Waals surface area contributed by atoms with Crippen LogP contribution in [0.4, 0.5) is 26.3 Å². The highest BCUT2D eigenvalue weighted by molar-refractivity contribution is 5.75. The minimum atomic E-state index is -5.54. The Hall–Kier alpha value is -1.03. The maximum Gasteiger partial charge on any atom is 0.426 e. The normalized spacial score (nSPS) is 26.4. The maximum absolute atomic E-state index is 13.8. The van der Waals surface area contributed by atoms with Gasteiger partial charge in [0.1, 0.15) is 0 Å². The van der Waals surface area contributed by atoms with Crippen molar-refractivity contribution < 1.29 is 45.3 Å². The molecular weight excluding hydrogens is 490 g/mol. The molecule has 0 spiro atoms. The van der Waals surface area contributed by atoms with Gasteiger partial charge in [0.15, 0.2) is 6.29 Å². The predicted molar refractivity (Wildman–Crippen MR) is 123 cm³/mol. The fourth-order valence-electron chi connectivity index (χ4n) is 5.77. The van der Waals surface area contributed by atoms with Crippen molar-refractivity contribution in [2.75, 3.05) is 7.11 Å². The van der Waals surface area contributed by atoms with E-state index in [1.54, 1.807) is 0 Å². The van der Waals surface area contributed by atoms with E-state index in [9.17, 15) is 31.1 Å². The van der Waals surface area contributed by atoms with Gasteiger partial charge in [0.25, 0.3) is 5.60 Å². The summed E-state index contributed by atoms with van der Waals surface area (Å²) in [7, 11) is 1.42. The second kappa shape index (κ2) is 12.2. The molecule has 3 aliphatic rings. The van der Waals surface area contributed by atoms with Gasteiger partial charge in [-0.25, -0.2) is 0 Å². The lowest BCUT2D eigenvalue weighted by molar-refractivity contribution is -0.414. The Bertz CT molecular complexity index is 686. The third-order valence-electron chi connectivity index (χ3n) is 8.28. The molecule has 4 nitrogen and oxygen atoms in total. The zero-order chi connectivity index (χ0) is 27.4. The number of esters is 1. The molecule has 3 saturated carbocycles. The Balaban J connectivity index is 0.000000434. The largest absolute Gasteiger partial charge is 0.469 e. The smallest absolute Gasteiger partial charge is 0.426 e. The summed E-state index contributed by atoms with van der Waals surface area (Å²) in [6.45, 7) is 6.87. The molecule has 3 fully saturated rings. The first-order valence-electron chi connectivity index (χ1n) is 13.1. The van der Waals surface area contributed by atoms with Gasteiger partial charge in [-0.15, -0.1) is 0 Å². The van der Waals surface area contributed by atoms with Gasteiger partial charge < -0.3 is 14.2 Å². The van der Waals surface area contributed by atoms with Gasteiger partial charge in [0.2, 0.25) is 0 Å². The molecule has 4 atom stereocenters. The van der Waals surface area contributed by atoms with Gasteiger partial charge in [-0.3, -0.25) is 4.79 Å². The second-order valence-electron chi connectivity index (χ2n) is 11.3. The first kappa shape index (κ1) is 31.2. The molecule has 3 rings (SSSR count). The maximum atomic E-state index is 13.8. The van der Waals surface area contributed by atoms with Gasteiger partial charge in [-0.2, -0.15) is 26.3 Å². The van der Waals surface area contributed by atoms with Crippen LogP contribution in [-0.2, 0) is 19.0 Å². The van der Waals surface area contributed by atoms with Gasteiger partial charge in [-0.05, 0) is 83.5 Å². The molecule has 0 radical (unpaired) electrons. The summed E-state index contributed by atoms with van der Waals surface area (Å²) in [6, 6.07) is 0. The van der Waals surface area contributed by atoms with E-state index in [0.717, 1.165) is 51.9 Å². The number of hydrogen-bond donors (Lipinski definition) is 0. The van der Waals surface area contributed by atoms with E-state index >= 15 is 0 Å². The molecule has 0 saturated heterocycles. The zero-order valence-electron chi connectivity index (χ0n) is 22.1. The number of methoxy groups -OCH3 is 1. The number of fused-ring (bicyclic) bond motifs is 2. The molecule has 0 heterocycles. The summed E-state index contributed by atoms with van der Waals surface area (Å²) in [5.41, 5.74) is -4.47. The highest BCUT2D eigenvalue weighted by Gasteiger charge is 2.73. The second-order valence-corrected chi connectivity index (χ2v) is 11.3. The van der Waals surface area contributed by atoms with Crippen molar-refractivity contribution in [3.8, 4) is 0 Å². The molecule has 212 valence electrons. The average molecular weight is 533 g/mol. The van der Waals surface area contributed by atoms with Crippen LogP contribution in [-0.4, -0.2) is 43.4 Å². The van der Waals surface area contributed by atoms with Crippen LogP contribution < -0.4 is 0 Å². The molecule has 0 aromatic heterocycles. The molecule has 2 bridgehead atoms. The Morgan fingerprint density at radius 1 is 0.917 bits per heavy atom. The number of ether oxygens (including phenoxy) is 3. The van der Waals surface area contributed by atoms with Gasteiger partial charge in [-0.1, -0.05) is 32.6 Å². The van der Waals surface area contributed by atoms with Crippen LogP contribution in [0.3, 0.4) is 0 Å². The van der Waals surface area contributed by atoms with Crippen molar-refractivity contribution in [3.63, 3.8) is 0 Å². The lowest BCUT2D eigenvalue weighted by Gasteiger charge is -2.42. The Morgan fingerprint density at radius 3 is 1.89 bits per heavy atom. The van der Waals surface area contributed by atoms with E-state index in [4.69, 9.17) is 9.47 Å². The van der Waals surface area contributed by atoms with E-state index in [1.807, 2.05) is 20.8 Å². The number of alkyl halides is 6. The highest BCUT2D eigenvalue weighted by atomic mass is 19.4. The molecule has 0 aliphatic heterocycles. The molecule has 0 aromatic rings. The fourth-order valence-corrected chi connectivity index (χ4v) is 5.77. The minimum absolute atomic E-state index is 0.0581. The molecule has 3 aliphatic carbocycles. The van der Waals surface area contributed by atoms with Crippen LogP contribution in [0.25, 0.3) is 0 Å². The van der Waals surface area contributed by atoms with Crippen LogP contribution in [0.1, 0.15) is 98.3 Å². The first-order valence-corrected chi connectivity index (χ1v) is 13.1. The zero-order valence-corrected chi connectivity index (χ0v) is 22.1. The summed E-state index contributed by atoms with van der Waals surface area (Å²) in [4.78, 5) is 10.8. The topological polar surface area (TPSA) is 44.8 Å². The lowest BCUT2D eigenvalue weighted by Crippen LogP contribution is -2.61. The standard InChI is InChI=1S/C19H28F6O2.C7H14O2/c1-12(26-16-5-3-2-4-6-16)27-17(18(20,21)22,19(23,24)25)11-15-10-13-7-8-14(15)9-13;1-5-7(2,3)6(8)9-4/h12-16H,2-11H2,1H3;5H2,1-4H3.